The van der Waals surface area contributed by atoms with Crippen LogP contribution in [0.4, 0.5) is 0 Å². The van der Waals surface area contributed by atoms with Crippen LogP contribution in [0.15, 0.2) is 12.4 Å². The molecule has 1 N–H and O–H groups in total. The molecule has 1 aromatic rings. The van der Waals surface area contributed by atoms with E-state index >= 15 is 0 Å². The number of hydrogen-bond acceptors (Lipinski definition) is 3. The first kappa shape index (κ1) is 12.1. The Hall–Kier alpha value is -1.36. The van der Waals surface area contributed by atoms with E-state index in [9.17, 15) is 4.79 Å². The highest BCUT2D eigenvalue weighted by atomic mass is 16.4. The van der Waals surface area contributed by atoms with Crippen LogP contribution in [0.25, 0.3) is 0 Å². The molecule has 94 valence electrons. The van der Waals surface area contributed by atoms with E-state index in [1.165, 1.54) is 5.56 Å². The summed E-state index contributed by atoms with van der Waals surface area (Å²) in [5, 5.41) is 13.0. The minimum atomic E-state index is -0.642. The predicted molar refractivity (Wildman–Crippen MR) is 63.7 cm³/mol. The highest BCUT2D eigenvalue weighted by Gasteiger charge is 2.23. The lowest BCUT2D eigenvalue weighted by Gasteiger charge is -2.29. The summed E-state index contributed by atoms with van der Waals surface area (Å²) < 4.78 is 1.81. The SMILES string of the molecule is Cn1cc(CCN2CCC(C(=O)O)CC2)cn1. The van der Waals surface area contributed by atoms with Crippen molar-refractivity contribution in [2.75, 3.05) is 19.6 Å². The number of aryl methyl sites for hydroxylation is 1. The van der Waals surface area contributed by atoms with Crippen molar-refractivity contribution < 1.29 is 9.90 Å². The smallest absolute Gasteiger partial charge is 0.306 e. The van der Waals surface area contributed by atoms with Crippen LogP contribution >= 0.6 is 0 Å². The van der Waals surface area contributed by atoms with Crippen LogP contribution in [0, 0.1) is 5.92 Å². The molecule has 1 saturated heterocycles. The zero-order chi connectivity index (χ0) is 12.3. The normalized spacial score (nSPS) is 18.4. The first-order chi connectivity index (χ1) is 8.15. The number of carbonyl (C=O) groups is 1. The van der Waals surface area contributed by atoms with Crippen molar-refractivity contribution in [3.05, 3.63) is 18.0 Å². The standard InChI is InChI=1S/C12H19N3O2/c1-14-9-10(8-13-14)2-5-15-6-3-11(4-7-15)12(16)17/h8-9,11H,2-7H2,1H3,(H,16,17). The van der Waals surface area contributed by atoms with Crippen LogP contribution in [-0.2, 0) is 18.3 Å². The number of piperidine rings is 1. The average molecular weight is 237 g/mol. The molecule has 2 rings (SSSR count). The zero-order valence-electron chi connectivity index (χ0n) is 10.2. The van der Waals surface area contributed by atoms with Gasteiger partial charge in [0.05, 0.1) is 12.1 Å². The van der Waals surface area contributed by atoms with Crippen molar-refractivity contribution in [1.29, 1.82) is 0 Å². The molecule has 0 radical (unpaired) electrons. The van der Waals surface area contributed by atoms with Gasteiger partial charge in [0.1, 0.15) is 0 Å². The van der Waals surface area contributed by atoms with Gasteiger partial charge in [-0.3, -0.25) is 9.48 Å². The van der Waals surface area contributed by atoms with Crippen molar-refractivity contribution in [2.45, 2.75) is 19.3 Å². The molecule has 1 aromatic heterocycles. The molecule has 0 aliphatic carbocycles. The molecule has 0 atom stereocenters. The van der Waals surface area contributed by atoms with Crippen LogP contribution in [-0.4, -0.2) is 45.4 Å². The molecule has 2 heterocycles. The third-order valence-corrected chi connectivity index (χ3v) is 3.41. The summed E-state index contributed by atoms with van der Waals surface area (Å²) in [6.45, 7) is 2.80. The minimum absolute atomic E-state index is 0.135. The van der Waals surface area contributed by atoms with E-state index in [4.69, 9.17) is 5.11 Å². The lowest BCUT2D eigenvalue weighted by atomic mass is 9.97. The third kappa shape index (κ3) is 3.30. The Morgan fingerprint density at radius 3 is 2.76 bits per heavy atom. The number of likely N-dealkylation sites (tertiary alicyclic amines) is 1. The summed E-state index contributed by atoms with van der Waals surface area (Å²) in [6, 6.07) is 0. The van der Waals surface area contributed by atoms with E-state index in [1.54, 1.807) is 0 Å². The number of rotatable bonds is 4. The number of nitrogens with zero attached hydrogens (tertiary/aromatic N) is 3. The Morgan fingerprint density at radius 1 is 1.53 bits per heavy atom. The topological polar surface area (TPSA) is 58.4 Å². The van der Waals surface area contributed by atoms with Gasteiger partial charge in [0.25, 0.3) is 0 Å². The number of hydrogen-bond donors (Lipinski definition) is 1. The highest BCUT2D eigenvalue weighted by Crippen LogP contribution is 2.17. The van der Waals surface area contributed by atoms with Crippen LogP contribution in [0.1, 0.15) is 18.4 Å². The fourth-order valence-corrected chi connectivity index (χ4v) is 2.29. The summed E-state index contributed by atoms with van der Waals surface area (Å²) >= 11 is 0. The predicted octanol–water partition coefficient (Wildman–Crippen LogP) is 0.759. The number of aromatic nitrogens is 2. The molecule has 1 aliphatic heterocycles. The maximum absolute atomic E-state index is 10.8. The summed E-state index contributed by atoms with van der Waals surface area (Å²) in [7, 11) is 1.92. The van der Waals surface area contributed by atoms with E-state index in [0.29, 0.717) is 0 Å². The molecule has 0 amide bonds. The first-order valence-electron chi connectivity index (χ1n) is 6.08. The lowest BCUT2D eigenvalue weighted by molar-refractivity contribution is -0.143. The van der Waals surface area contributed by atoms with Crippen molar-refractivity contribution in [2.24, 2.45) is 13.0 Å². The van der Waals surface area contributed by atoms with E-state index in [1.807, 2.05) is 24.1 Å². The summed E-state index contributed by atoms with van der Waals surface area (Å²) in [5.41, 5.74) is 1.24. The zero-order valence-corrected chi connectivity index (χ0v) is 10.2. The van der Waals surface area contributed by atoms with Gasteiger partial charge in [-0.1, -0.05) is 0 Å². The molecule has 1 aliphatic rings. The second-order valence-corrected chi connectivity index (χ2v) is 4.73. The molecule has 5 heteroatoms. The molecular formula is C12H19N3O2. The van der Waals surface area contributed by atoms with Crippen LogP contribution < -0.4 is 0 Å². The second-order valence-electron chi connectivity index (χ2n) is 4.73. The molecule has 0 unspecified atom stereocenters. The minimum Gasteiger partial charge on any atom is -0.481 e. The number of carboxylic acids is 1. The monoisotopic (exact) mass is 237 g/mol. The van der Waals surface area contributed by atoms with Gasteiger partial charge in [-0.05, 0) is 37.9 Å². The molecule has 5 nitrogen and oxygen atoms in total. The van der Waals surface area contributed by atoms with Crippen molar-refractivity contribution >= 4 is 5.97 Å². The maximum atomic E-state index is 10.8. The van der Waals surface area contributed by atoms with E-state index in [-0.39, 0.29) is 5.92 Å². The second kappa shape index (κ2) is 5.31. The summed E-state index contributed by atoms with van der Waals surface area (Å²) in [6.07, 6.45) is 6.48. The van der Waals surface area contributed by atoms with E-state index in [0.717, 1.165) is 38.9 Å². The molecule has 17 heavy (non-hydrogen) atoms. The average Bonchev–Trinajstić information content (AvgIpc) is 2.73. The third-order valence-electron chi connectivity index (χ3n) is 3.41. The van der Waals surface area contributed by atoms with Crippen molar-refractivity contribution in [3.63, 3.8) is 0 Å². The Balaban J connectivity index is 1.73. The Kier molecular flexibility index (Phi) is 3.78. The van der Waals surface area contributed by atoms with Crippen LogP contribution in [0.5, 0.6) is 0 Å². The van der Waals surface area contributed by atoms with Crippen LogP contribution in [0.2, 0.25) is 0 Å². The fourth-order valence-electron chi connectivity index (χ4n) is 2.29. The van der Waals surface area contributed by atoms with Gasteiger partial charge in [0.2, 0.25) is 0 Å². The Labute approximate surface area is 101 Å². The van der Waals surface area contributed by atoms with Crippen molar-refractivity contribution in [1.82, 2.24) is 14.7 Å². The maximum Gasteiger partial charge on any atom is 0.306 e. The molecule has 1 fully saturated rings. The van der Waals surface area contributed by atoms with Gasteiger partial charge in [-0.15, -0.1) is 0 Å². The lowest BCUT2D eigenvalue weighted by Crippen LogP contribution is -2.37. The van der Waals surface area contributed by atoms with E-state index < -0.39 is 5.97 Å². The molecule has 0 spiro atoms. The number of carboxylic acid groups (broad SMARTS) is 1. The van der Waals surface area contributed by atoms with Crippen LogP contribution in [0.3, 0.4) is 0 Å². The van der Waals surface area contributed by atoms with Gasteiger partial charge in [0, 0.05) is 19.8 Å². The Morgan fingerprint density at radius 2 is 2.24 bits per heavy atom. The van der Waals surface area contributed by atoms with Gasteiger partial charge in [0.15, 0.2) is 0 Å². The molecule has 0 saturated carbocycles. The largest absolute Gasteiger partial charge is 0.481 e. The van der Waals surface area contributed by atoms with Gasteiger partial charge >= 0.3 is 5.97 Å². The summed E-state index contributed by atoms with van der Waals surface area (Å²) in [4.78, 5) is 13.2. The fraction of sp³-hybridized carbons (Fsp3) is 0.667. The van der Waals surface area contributed by atoms with Gasteiger partial charge in [-0.2, -0.15) is 5.10 Å². The van der Waals surface area contributed by atoms with Crippen molar-refractivity contribution in [3.8, 4) is 0 Å². The highest BCUT2D eigenvalue weighted by molar-refractivity contribution is 5.70. The summed E-state index contributed by atoms with van der Waals surface area (Å²) in [5.74, 6) is -0.776. The van der Waals surface area contributed by atoms with E-state index in [2.05, 4.69) is 10.00 Å². The molecular weight excluding hydrogens is 218 g/mol. The quantitative estimate of drug-likeness (QED) is 0.840. The first-order valence-corrected chi connectivity index (χ1v) is 6.08. The molecule has 0 aromatic carbocycles. The Bertz CT molecular complexity index is 381. The van der Waals surface area contributed by atoms with Gasteiger partial charge < -0.3 is 10.0 Å². The number of aliphatic carboxylic acids is 1. The molecule has 0 bridgehead atoms. The van der Waals surface area contributed by atoms with Gasteiger partial charge in [-0.25, -0.2) is 0 Å².